The highest BCUT2D eigenvalue weighted by molar-refractivity contribution is 5.94. The highest BCUT2D eigenvalue weighted by Gasteiger charge is 2.33. The summed E-state index contributed by atoms with van der Waals surface area (Å²) in [5, 5.41) is 2.91. The maximum atomic E-state index is 12.8. The number of nitrogens with zero attached hydrogens (tertiary/aromatic N) is 3. The first kappa shape index (κ1) is 21.6. The highest BCUT2D eigenvalue weighted by atomic mass is 16.5. The fraction of sp³-hybridized carbons (Fsp3) is 0.320. The molecular weight excluding hydrogens is 404 g/mol. The molecule has 1 aromatic heterocycles. The molecule has 4 rings (SSSR count). The van der Waals surface area contributed by atoms with Crippen LogP contribution in [0.4, 0.5) is 5.95 Å². The molecule has 0 unspecified atom stereocenters. The Labute approximate surface area is 188 Å². The topological polar surface area (TPSA) is 76.5 Å². The molecule has 1 aliphatic carbocycles. The largest absolute Gasteiger partial charge is 0.497 e. The number of likely N-dealkylation sites (N-methyl/N-ethyl adjacent to an activating group) is 1. The normalized spacial score (nSPS) is 13.0. The van der Waals surface area contributed by atoms with Crippen LogP contribution in [0, 0.1) is 12.8 Å². The average molecular weight is 433 g/mol. The minimum absolute atomic E-state index is 0.0183. The summed E-state index contributed by atoms with van der Waals surface area (Å²) >= 11 is 0. The third kappa shape index (κ3) is 4.82. The molecule has 7 heteroatoms. The summed E-state index contributed by atoms with van der Waals surface area (Å²) in [6, 6.07) is 15.6. The molecule has 1 heterocycles. The molecule has 0 aliphatic heterocycles. The fourth-order valence-electron chi connectivity index (χ4n) is 3.54. The molecule has 3 aromatic rings. The van der Waals surface area contributed by atoms with Crippen LogP contribution in [0.1, 0.15) is 25.3 Å². The standard InChI is InChI=1S/C25H28N4O3/c1-4-28(24(31)19-7-8-19)16-23(30)27-25-26-22(18-9-13-21(32-3)14-10-18)15-29(25)20-11-5-17(2)6-12-20/h5-6,9-15,19H,4,7-8,16H2,1-3H3,(H,26,27,30). The summed E-state index contributed by atoms with van der Waals surface area (Å²) in [6.07, 6.45) is 3.73. The number of hydrogen-bond acceptors (Lipinski definition) is 4. The molecule has 32 heavy (non-hydrogen) atoms. The Morgan fingerprint density at radius 2 is 1.81 bits per heavy atom. The molecule has 0 spiro atoms. The lowest BCUT2D eigenvalue weighted by Crippen LogP contribution is -2.39. The molecule has 0 radical (unpaired) electrons. The van der Waals surface area contributed by atoms with E-state index in [4.69, 9.17) is 4.74 Å². The van der Waals surface area contributed by atoms with Gasteiger partial charge in [-0.3, -0.25) is 19.5 Å². The summed E-state index contributed by atoms with van der Waals surface area (Å²) in [7, 11) is 1.63. The van der Waals surface area contributed by atoms with Crippen molar-refractivity contribution in [1.82, 2.24) is 14.5 Å². The minimum Gasteiger partial charge on any atom is -0.497 e. The molecule has 1 saturated carbocycles. The SMILES string of the molecule is CCN(CC(=O)Nc1nc(-c2ccc(OC)cc2)cn1-c1ccc(C)cc1)C(=O)C1CC1. The zero-order valence-electron chi connectivity index (χ0n) is 18.7. The Hall–Kier alpha value is -3.61. The number of carbonyl (C=O) groups is 2. The number of aryl methyl sites for hydroxylation is 1. The number of benzene rings is 2. The van der Waals surface area contributed by atoms with E-state index < -0.39 is 0 Å². The van der Waals surface area contributed by atoms with Crippen molar-refractivity contribution in [3.05, 3.63) is 60.3 Å². The predicted molar refractivity (Wildman–Crippen MR) is 124 cm³/mol. The predicted octanol–water partition coefficient (Wildman–Crippen LogP) is 4.05. The van der Waals surface area contributed by atoms with Crippen LogP contribution < -0.4 is 10.1 Å². The number of carbonyl (C=O) groups excluding carboxylic acids is 2. The van der Waals surface area contributed by atoms with Crippen molar-refractivity contribution in [2.45, 2.75) is 26.7 Å². The van der Waals surface area contributed by atoms with Crippen LogP contribution in [0.3, 0.4) is 0 Å². The molecule has 166 valence electrons. The first-order valence-corrected chi connectivity index (χ1v) is 10.9. The second kappa shape index (κ2) is 9.26. The van der Waals surface area contributed by atoms with E-state index >= 15 is 0 Å². The van der Waals surface area contributed by atoms with Gasteiger partial charge in [-0.05, 0) is 63.1 Å². The molecule has 0 bridgehead atoms. The molecule has 0 saturated heterocycles. The Balaban J connectivity index is 1.61. The van der Waals surface area contributed by atoms with Gasteiger partial charge in [0.05, 0.1) is 19.3 Å². The van der Waals surface area contributed by atoms with Crippen molar-refractivity contribution in [3.8, 4) is 22.7 Å². The molecular formula is C25H28N4O3. The van der Waals surface area contributed by atoms with Gasteiger partial charge < -0.3 is 9.64 Å². The van der Waals surface area contributed by atoms with Crippen LogP contribution in [0.25, 0.3) is 16.9 Å². The van der Waals surface area contributed by atoms with Gasteiger partial charge in [-0.2, -0.15) is 0 Å². The Morgan fingerprint density at radius 3 is 2.41 bits per heavy atom. The van der Waals surface area contributed by atoms with Gasteiger partial charge in [-0.15, -0.1) is 0 Å². The fourth-order valence-corrected chi connectivity index (χ4v) is 3.54. The van der Waals surface area contributed by atoms with Gasteiger partial charge in [0.15, 0.2) is 0 Å². The van der Waals surface area contributed by atoms with E-state index in [1.54, 1.807) is 12.0 Å². The molecule has 1 fully saturated rings. The number of anilines is 1. The zero-order chi connectivity index (χ0) is 22.7. The molecule has 2 aromatic carbocycles. The zero-order valence-corrected chi connectivity index (χ0v) is 18.7. The maximum absolute atomic E-state index is 12.8. The quantitative estimate of drug-likeness (QED) is 0.583. The van der Waals surface area contributed by atoms with Gasteiger partial charge in [-0.1, -0.05) is 17.7 Å². The van der Waals surface area contributed by atoms with Gasteiger partial charge in [0.2, 0.25) is 17.8 Å². The van der Waals surface area contributed by atoms with Gasteiger partial charge in [0.1, 0.15) is 5.75 Å². The number of nitrogens with one attached hydrogen (secondary N) is 1. The molecule has 1 aliphatic rings. The Bertz CT molecular complexity index is 1100. The van der Waals surface area contributed by atoms with E-state index in [-0.39, 0.29) is 24.3 Å². The number of imidazole rings is 1. The molecule has 7 nitrogen and oxygen atoms in total. The van der Waals surface area contributed by atoms with E-state index in [0.29, 0.717) is 12.5 Å². The monoisotopic (exact) mass is 432 g/mol. The van der Waals surface area contributed by atoms with Crippen molar-refractivity contribution in [1.29, 1.82) is 0 Å². The second-order valence-corrected chi connectivity index (χ2v) is 8.06. The lowest BCUT2D eigenvalue weighted by molar-refractivity contribution is -0.135. The number of methoxy groups -OCH3 is 1. The van der Waals surface area contributed by atoms with Crippen molar-refractivity contribution < 1.29 is 14.3 Å². The minimum atomic E-state index is -0.263. The second-order valence-electron chi connectivity index (χ2n) is 8.06. The van der Waals surface area contributed by atoms with Gasteiger partial charge in [0, 0.05) is 29.9 Å². The van der Waals surface area contributed by atoms with Crippen LogP contribution >= 0.6 is 0 Å². The Morgan fingerprint density at radius 1 is 1.12 bits per heavy atom. The summed E-state index contributed by atoms with van der Waals surface area (Å²) < 4.78 is 7.10. The summed E-state index contributed by atoms with van der Waals surface area (Å²) in [5.41, 5.74) is 3.67. The summed E-state index contributed by atoms with van der Waals surface area (Å²) in [6.45, 7) is 4.44. The maximum Gasteiger partial charge on any atom is 0.246 e. The van der Waals surface area contributed by atoms with Crippen LogP contribution in [0.5, 0.6) is 5.75 Å². The lowest BCUT2D eigenvalue weighted by atomic mass is 10.1. The van der Waals surface area contributed by atoms with Crippen LogP contribution in [-0.2, 0) is 9.59 Å². The van der Waals surface area contributed by atoms with Gasteiger partial charge in [-0.25, -0.2) is 4.98 Å². The number of amides is 2. The first-order chi connectivity index (χ1) is 15.5. The van der Waals surface area contributed by atoms with Crippen molar-refractivity contribution in [3.63, 3.8) is 0 Å². The highest BCUT2D eigenvalue weighted by Crippen LogP contribution is 2.31. The molecule has 1 N–H and O–H groups in total. The Kier molecular flexibility index (Phi) is 6.25. The number of rotatable bonds is 8. The summed E-state index contributed by atoms with van der Waals surface area (Å²) in [5.74, 6) is 1.06. The first-order valence-electron chi connectivity index (χ1n) is 10.9. The summed E-state index contributed by atoms with van der Waals surface area (Å²) in [4.78, 5) is 31.5. The van der Waals surface area contributed by atoms with Crippen molar-refractivity contribution in [2.75, 3.05) is 25.5 Å². The van der Waals surface area contributed by atoms with Crippen LogP contribution in [0.2, 0.25) is 0 Å². The van der Waals surface area contributed by atoms with E-state index in [2.05, 4.69) is 10.3 Å². The molecule has 2 amide bonds. The van der Waals surface area contributed by atoms with Crippen molar-refractivity contribution in [2.24, 2.45) is 5.92 Å². The van der Waals surface area contributed by atoms with Gasteiger partial charge >= 0.3 is 0 Å². The van der Waals surface area contributed by atoms with Gasteiger partial charge in [0.25, 0.3) is 0 Å². The van der Waals surface area contributed by atoms with Crippen molar-refractivity contribution >= 4 is 17.8 Å². The van der Waals surface area contributed by atoms with Crippen LogP contribution in [0.15, 0.2) is 54.7 Å². The average Bonchev–Trinajstić information content (AvgIpc) is 3.58. The lowest BCUT2D eigenvalue weighted by Gasteiger charge is -2.20. The van der Waals surface area contributed by atoms with E-state index in [9.17, 15) is 9.59 Å². The third-order valence-electron chi connectivity index (χ3n) is 5.61. The third-order valence-corrected chi connectivity index (χ3v) is 5.61. The number of aromatic nitrogens is 2. The smallest absolute Gasteiger partial charge is 0.246 e. The van der Waals surface area contributed by atoms with E-state index in [0.717, 1.165) is 41.1 Å². The van der Waals surface area contributed by atoms with E-state index in [1.807, 2.05) is 73.1 Å². The number of hydrogen-bond donors (Lipinski definition) is 1. The van der Waals surface area contributed by atoms with E-state index in [1.165, 1.54) is 0 Å². The number of ether oxygens (including phenoxy) is 1. The molecule has 0 atom stereocenters. The van der Waals surface area contributed by atoms with Crippen LogP contribution in [-0.4, -0.2) is 46.5 Å².